The van der Waals surface area contributed by atoms with Gasteiger partial charge in [0, 0.05) is 11.1 Å². The minimum absolute atomic E-state index is 0.0481. The minimum atomic E-state index is -0.592. The highest BCUT2D eigenvalue weighted by Crippen LogP contribution is 2.31. The lowest BCUT2D eigenvalue weighted by atomic mass is 10.0. The molecule has 0 aliphatic heterocycles. The Kier molecular flexibility index (Phi) is 4.17. The van der Waals surface area contributed by atoms with Gasteiger partial charge in [0.1, 0.15) is 11.6 Å². The van der Waals surface area contributed by atoms with Gasteiger partial charge in [-0.2, -0.15) is 0 Å². The van der Waals surface area contributed by atoms with Gasteiger partial charge in [0.2, 0.25) is 0 Å². The average molecular weight is 282 g/mol. The van der Waals surface area contributed by atoms with Crippen LogP contribution in [0.5, 0.6) is 0 Å². The van der Waals surface area contributed by atoms with Gasteiger partial charge in [-0.05, 0) is 43.3 Å². The first-order chi connectivity index (χ1) is 9.04. The maximum atomic E-state index is 13.7. The fourth-order valence-electron chi connectivity index (χ4n) is 1.96. The first-order valence-electron chi connectivity index (χ1n) is 5.95. The van der Waals surface area contributed by atoms with Crippen LogP contribution in [0, 0.1) is 11.6 Å². The van der Waals surface area contributed by atoms with Crippen LogP contribution in [0.2, 0.25) is 5.02 Å². The van der Waals surface area contributed by atoms with Crippen molar-refractivity contribution in [1.82, 2.24) is 5.32 Å². The van der Waals surface area contributed by atoms with Crippen molar-refractivity contribution in [3.63, 3.8) is 0 Å². The van der Waals surface area contributed by atoms with Crippen molar-refractivity contribution in [3.05, 3.63) is 58.6 Å². The molecule has 0 saturated carbocycles. The van der Waals surface area contributed by atoms with E-state index in [9.17, 15) is 8.78 Å². The maximum Gasteiger partial charge on any atom is 0.133 e. The van der Waals surface area contributed by atoms with Crippen molar-refractivity contribution in [2.75, 3.05) is 7.05 Å². The molecule has 0 fully saturated rings. The molecular formula is C15H14ClF2N. The molecule has 1 nitrogen and oxygen atoms in total. The van der Waals surface area contributed by atoms with Crippen LogP contribution in [-0.4, -0.2) is 7.05 Å². The van der Waals surface area contributed by atoms with Gasteiger partial charge >= 0.3 is 0 Å². The molecule has 0 saturated heterocycles. The van der Waals surface area contributed by atoms with E-state index in [-0.39, 0.29) is 11.6 Å². The molecule has 0 aromatic heterocycles. The maximum absolute atomic E-state index is 13.7. The fraction of sp³-hybridized carbons (Fsp3) is 0.200. The first-order valence-corrected chi connectivity index (χ1v) is 6.33. The molecular weight excluding hydrogens is 268 g/mol. The Hall–Kier alpha value is -1.45. The van der Waals surface area contributed by atoms with Gasteiger partial charge < -0.3 is 5.32 Å². The van der Waals surface area contributed by atoms with Crippen LogP contribution < -0.4 is 5.32 Å². The molecule has 2 aromatic carbocycles. The molecule has 0 aliphatic carbocycles. The molecule has 2 rings (SSSR count). The number of rotatable bonds is 3. The zero-order valence-corrected chi connectivity index (χ0v) is 11.4. The molecule has 0 radical (unpaired) electrons. The molecule has 1 atom stereocenters. The van der Waals surface area contributed by atoms with E-state index >= 15 is 0 Å². The van der Waals surface area contributed by atoms with E-state index in [0.29, 0.717) is 10.6 Å². The monoisotopic (exact) mass is 281 g/mol. The van der Waals surface area contributed by atoms with Gasteiger partial charge in [0.15, 0.2) is 0 Å². The summed E-state index contributed by atoms with van der Waals surface area (Å²) in [5, 5.41) is 3.56. The van der Waals surface area contributed by atoms with Crippen LogP contribution in [0.15, 0.2) is 36.4 Å². The molecule has 100 valence electrons. The lowest BCUT2D eigenvalue weighted by Gasteiger charge is -2.14. The first kappa shape index (κ1) is 14.0. The number of benzene rings is 2. The van der Waals surface area contributed by atoms with Crippen molar-refractivity contribution in [2.24, 2.45) is 0 Å². The van der Waals surface area contributed by atoms with E-state index in [1.165, 1.54) is 18.2 Å². The van der Waals surface area contributed by atoms with Crippen LogP contribution in [0.4, 0.5) is 8.78 Å². The summed E-state index contributed by atoms with van der Waals surface area (Å²) in [6.45, 7) is 1.96. The third-order valence-electron chi connectivity index (χ3n) is 3.15. The number of nitrogens with one attached hydrogen (secondary N) is 1. The Bertz CT molecular complexity index is 578. The van der Waals surface area contributed by atoms with Crippen LogP contribution in [0.3, 0.4) is 0 Å². The zero-order valence-electron chi connectivity index (χ0n) is 10.7. The van der Waals surface area contributed by atoms with Gasteiger partial charge in [-0.25, -0.2) is 8.78 Å². The van der Waals surface area contributed by atoms with Gasteiger partial charge in [0.05, 0.1) is 5.56 Å². The smallest absolute Gasteiger partial charge is 0.133 e. The van der Waals surface area contributed by atoms with Crippen LogP contribution in [0.25, 0.3) is 11.1 Å². The summed E-state index contributed by atoms with van der Waals surface area (Å²) in [4.78, 5) is 0. The summed E-state index contributed by atoms with van der Waals surface area (Å²) in [5.74, 6) is -1.18. The second-order valence-corrected chi connectivity index (χ2v) is 4.75. The molecule has 1 N–H and O–H groups in total. The van der Waals surface area contributed by atoms with Crippen LogP contribution in [-0.2, 0) is 0 Å². The molecule has 0 aliphatic rings. The van der Waals surface area contributed by atoms with Crippen molar-refractivity contribution in [3.8, 4) is 11.1 Å². The predicted octanol–water partition coefficient (Wildman–Crippen LogP) is 4.57. The Labute approximate surface area is 116 Å². The van der Waals surface area contributed by atoms with E-state index in [4.69, 9.17) is 11.6 Å². The number of halogens is 3. The van der Waals surface area contributed by atoms with E-state index in [0.717, 1.165) is 5.56 Å². The van der Waals surface area contributed by atoms with Gasteiger partial charge in [-0.3, -0.25) is 0 Å². The standard InChI is InChI=1S/C15H14ClF2N/c1-9(19-2)11-7-6-10(8-12(11)16)15-13(17)4-3-5-14(15)18/h3-9,19H,1-2H3. The van der Waals surface area contributed by atoms with Crippen molar-refractivity contribution >= 4 is 11.6 Å². The van der Waals surface area contributed by atoms with E-state index in [1.807, 2.05) is 14.0 Å². The molecule has 2 aromatic rings. The molecule has 0 amide bonds. The summed E-state index contributed by atoms with van der Waals surface area (Å²) in [6.07, 6.45) is 0. The summed E-state index contributed by atoms with van der Waals surface area (Å²) in [5.41, 5.74) is 1.28. The van der Waals surface area contributed by atoms with Gasteiger partial charge in [-0.15, -0.1) is 0 Å². The largest absolute Gasteiger partial charge is 0.313 e. The third-order valence-corrected chi connectivity index (χ3v) is 3.48. The summed E-state index contributed by atoms with van der Waals surface area (Å²) >= 11 is 6.17. The summed E-state index contributed by atoms with van der Waals surface area (Å²) in [6, 6.07) is 8.93. The highest BCUT2D eigenvalue weighted by Gasteiger charge is 2.14. The van der Waals surface area contributed by atoms with Gasteiger partial charge in [0.25, 0.3) is 0 Å². The molecule has 19 heavy (non-hydrogen) atoms. The second-order valence-electron chi connectivity index (χ2n) is 4.34. The van der Waals surface area contributed by atoms with Crippen molar-refractivity contribution in [1.29, 1.82) is 0 Å². The highest BCUT2D eigenvalue weighted by atomic mass is 35.5. The second kappa shape index (κ2) is 5.68. The Balaban J connectivity index is 2.51. The number of hydrogen-bond donors (Lipinski definition) is 1. The highest BCUT2D eigenvalue weighted by molar-refractivity contribution is 6.31. The van der Waals surface area contributed by atoms with E-state index < -0.39 is 11.6 Å². The molecule has 0 bridgehead atoms. The van der Waals surface area contributed by atoms with E-state index in [2.05, 4.69) is 5.32 Å². The van der Waals surface area contributed by atoms with Crippen LogP contribution >= 0.6 is 11.6 Å². The summed E-state index contributed by atoms with van der Waals surface area (Å²) in [7, 11) is 1.82. The Morgan fingerprint density at radius 2 is 1.74 bits per heavy atom. The SMILES string of the molecule is CNC(C)c1ccc(-c2c(F)cccc2F)cc1Cl. The average Bonchev–Trinajstić information content (AvgIpc) is 2.38. The van der Waals surface area contributed by atoms with E-state index in [1.54, 1.807) is 18.2 Å². The lowest BCUT2D eigenvalue weighted by molar-refractivity contribution is 0.589. The fourth-order valence-corrected chi connectivity index (χ4v) is 2.31. The molecule has 0 heterocycles. The quantitative estimate of drug-likeness (QED) is 0.869. The molecule has 0 spiro atoms. The van der Waals surface area contributed by atoms with Crippen molar-refractivity contribution < 1.29 is 8.78 Å². The van der Waals surface area contributed by atoms with Gasteiger partial charge in [-0.1, -0.05) is 29.8 Å². The lowest BCUT2D eigenvalue weighted by Crippen LogP contribution is -2.12. The summed E-state index contributed by atoms with van der Waals surface area (Å²) < 4.78 is 27.4. The predicted molar refractivity (Wildman–Crippen MR) is 74.3 cm³/mol. The van der Waals surface area contributed by atoms with Crippen molar-refractivity contribution in [2.45, 2.75) is 13.0 Å². The zero-order chi connectivity index (χ0) is 14.0. The Morgan fingerprint density at radius 1 is 1.11 bits per heavy atom. The van der Waals surface area contributed by atoms with Crippen LogP contribution in [0.1, 0.15) is 18.5 Å². The molecule has 1 unspecified atom stereocenters. The molecule has 4 heteroatoms. The Morgan fingerprint density at radius 3 is 2.26 bits per heavy atom. The third kappa shape index (κ3) is 2.77. The normalized spacial score (nSPS) is 12.5. The topological polar surface area (TPSA) is 12.0 Å². The number of hydrogen-bond acceptors (Lipinski definition) is 1. The minimum Gasteiger partial charge on any atom is -0.313 e.